The minimum atomic E-state index is -1.20. The fourth-order valence-electron chi connectivity index (χ4n) is 3.92. The van der Waals surface area contributed by atoms with Crippen molar-refractivity contribution in [3.05, 3.63) is 65.7 Å². The third kappa shape index (κ3) is 9.77. The van der Waals surface area contributed by atoms with E-state index in [1.807, 2.05) is 36.4 Å². The number of amides is 3. The van der Waals surface area contributed by atoms with Gasteiger partial charge in [-0.3, -0.25) is 9.59 Å². The van der Waals surface area contributed by atoms with Crippen molar-refractivity contribution in [1.82, 2.24) is 15.5 Å². The van der Waals surface area contributed by atoms with E-state index in [0.717, 1.165) is 29.7 Å². The van der Waals surface area contributed by atoms with Crippen LogP contribution in [0.5, 0.6) is 5.75 Å². The van der Waals surface area contributed by atoms with Crippen LogP contribution in [-0.4, -0.2) is 52.6 Å². The van der Waals surface area contributed by atoms with E-state index >= 15 is 0 Å². The van der Waals surface area contributed by atoms with Crippen LogP contribution in [0.25, 0.3) is 0 Å². The van der Waals surface area contributed by atoms with Gasteiger partial charge in [-0.2, -0.15) is 5.26 Å². The fourth-order valence-corrected chi connectivity index (χ4v) is 3.92. The predicted molar refractivity (Wildman–Crippen MR) is 144 cm³/mol. The van der Waals surface area contributed by atoms with Gasteiger partial charge in [-0.05, 0) is 50.5 Å². The molecule has 0 bridgehead atoms. The molecule has 9 heteroatoms. The molecule has 2 atom stereocenters. The Morgan fingerprint density at radius 2 is 1.79 bits per heavy atom. The first kappa shape index (κ1) is 30.2. The summed E-state index contributed by atoms with van der Waals surface area (Å²) in [5, 5.41) is 25.2. The molecule has 2 unspecified atom stereocenters. The number of nitriles is 1. The summed E-state index contributed by atoms with van der Waals surface area (Å²) >= 11 is 0. The summed E-state index contributed by atoms with van der Waals surface area (Å²) < 4.78 is 5.38. The van der Waals surface area contributed by atoms with Gasteiger partial charge in [0.2, 0.25) is 11.8 Å². The van der Waals surface area contributed by atoms with Crippen LogP contribution in [-0.2, 0) is 20.7 Å². The zero-order valence-electron chi connectivity index (χ0n) is 22.6. The number of benzene rings is 2. The van der Waals surface area contributed by atoms with Gasteiger partial charge in [0, 0.05) is 13.0 Å². The highest BCUT2D eigenvalue weighted by Gasteiger charge is 2.36. The number of alkyl carbamates (subject to hydrolysis) is 1. The number of aromatic hydroxyl groups is 1. The molecule has 0 saturated heterocycles. The molecule has 0 fully saturated rings. The van der Waals surface area contributed by atoms with Gasteiger partial charge >= 0.3 is 6.09 Å². The molecule has 0 heterocycles. The molecule has 0 radical (unpaired) electrons. The predicted octanol–water partition coefficient (Wildman–Crippen LogP) is 4.23. The number of hydrogen-bond acceptors (Lipinski definition) is 6. The largest absolute Gasteiger partial charge is 0.508 e. The van der Waals surface area contributed by atoms with Crippen LogP contribution < -0.4 is 10.6 Å². The summed E-state index contributed by atoms with van der Waals surface area (Å²) in [6, 6.07) is 14.8. The van der Waals surface area contributed by atoms with E-state index in [0.29, 0.717) is 12.1 Å². The van der Waals surface area contributed by atoms with E-state index in [4.69, 9.17) is 4.74 Å². The highest BCUT2D eigenvalue weighted by atomic mass is 16.6. The van der Waals surface area contributed by atoms with Crippen LogP contribution in [0.3, 0.4) is 0 Å². The van der Waals surface area contributed by atoms with Crippen molar-refractivity contribution < 1.29 is 24.2 Å². The van der Waals surface area contributed by atoms with Gasteiger partial charge in [0.15, 0.2) is 0 Å². The second-order valence-corrected chi connectivity index (χ2v) is 10.0. The van der Waals surface area contributed by atoms with E-state index < -0.39 is 42.1 Å². The monoisotopic (exact) mass is 522 g/mol. The number of nitrogens with zero attached hydrogens (tertiary/aromatic N) is 2. The Balaban J connectivity index is 2.46. The van der Waals surface area contributed by atoms with Gasteiger partial charge in [0.05, 0.1) is 6.07 Å². The number of nitrogens with one attached hydrogen (secondary N) is 2. The molecule has 0 aliphatic carbocycles. The van der Waals surface area contributed by atoms with Gasteiger partial charge in [0.25, 0.3) is 0 Å². The Bertz CT molecular complexity index is 1110. The fraction of sp³-hybridized carbons (Fsp3) is 0.448. The molecule has 9 nitrogen and oxygen atoms in total. The van der Waals surface area contributed by atoms with Crippen LogP contribution in [0.4, 0.5) is 4.79 Å². The molecule has 0 saturated carbocycles. The molecule has 0 spiro atoms. The Kier molecular flexibility index (Phi) is 11.6. The maximum absolute atomic E-state index is 14.0. The van der Waals surface area contributed by atoms with E-state index in [1.165, 1.54) is 12.1 Å². The zero-order valence-corrected chi connectivity index (χ0v) is 22.6. The number of rotatable bonds is 12. The quantitative estimate of drug-likeness (QED) is 0.282. The summed E-state index contributed by atoms with van der Waals surface area (Å²) in [6.07, 6.45) is 1.99. The third-order valence-electron chi connectivity index (χ3n) is 5.62. The van der Waals surface area contributed by atoms with Gasteiger partial charge in [-0.1, -0.05) is 62.2 Å². The SMILES string of the molecule is CCCCCNC(=O)C(c1cccc(O)c1)N(CC#N)C(=O)C(Cc1ccccc1)NC(=O)OC(C)(C)C. The topological polar surface area (TPSA) is 132 Å². The van der Waals surface area contributed by atoms with Gasteiger partial charge < -0.3 is 25.4 Å². The summed E-state index contributed by atoms with van der Waals surface area (Å²) in [7, 11) is 0. The Morgan fingerprint density at radius 1 is 1.08 bits per heavy atom. The maximum atomic E-state index is 14.0. The summed E-state index contributed by atoms with van der Waals surface area (Å²) in [6.45, 7) is 7.17. The molecular formula is C29H38N4O5. The van der Waals surface area contributed by atoms with Crippen LogP contribution in [0.1, 0.15) is 64.1 Å². The molecule has 2 rings (SSSR count). The Labute approximate surface area is 224 Å². The first-order valence-corrected chi connectivity index (χ1v) is 12.8. The molecule has 0 aliphatic rings. The average molecular weight is 523 g/mol. The van der Waals surface area contributed by atoms with Gasteiger partial charge in [-0.15, -0.1) is 0 Å². The number of phenolic OH excluding ortho intramolecular Hbond substituents is 1. The van der Waals surface area contributed by atoms with Crippen molar-refractivity contribution in [3.63, 3.8) is 0 Å². The molecule has 0 aliphatic heterocycles. The number of hydrogen-bond donors (Lipinski definition) is 3. The average Bonchev–Trinajstić information content (AvgIpc) is 2.85. The first-order chi connectivity index (χ1) is 18.1. The standard InChI is InChI=1S/C29H38N4O5/c1-5-6-10-17-31-26(35)25(22-14-11-15-23(34)20-22)33(18-16-30)27(36)24(19-21-12-8-7-9-13-21)32-28(37)38-29(2,3)4/h7-9,11-15,20,24-25,34H,5-6,10,17-19H2,1-4H3,(H,31,35)(H,32,37). The lowest BCUT2D eigenvalue weighted by molar-refractivity contribution is -0.141. The first-order valence-electron chi connectivity index (χ1n) is 12.8. The normalized spacial score (nSPS) is 12.5. The van der Waals surface area contributed by atoms with E-state index in [2.05, 4.69) is 17.6 Å². The lowest BCUT2D eigenvalue weighted by Crippen LogP contribution is -2.54. The van der Waals surface area contributed by atoms with Crippen LogP contribution in [0, 0.1) is 11.3 Å². The lowest BCUT2D eigenvalue weighted by Gasteiger charge is -2.33. The second-order valence-electron chi connectivity index (χ2n) is 10.0. The molecule has 3 amide bonds. The third-order valence-corrected chi connectivity index (χ3v) is 5.62. The van der Waals surface area contributed by atoms with Crippen LogP contribution in [0.2, 0.25) is 0 Å². The molecule has 3 N–H and O–H groups in total. The highest BCUT2D eigenvalue weighted by Crippen LogP contribution is 2.26. The second kappa shape index (κ2) is 14.6. The van der Waals surface area contributed by atoms with E-state index in [1.54, 1.807) is 32.9 Å². The summed E-state index contributed by atoms with van der Waals surface area (Å²) in [4.78, 5) is 41.2. The summed E-state index contributed by atoms with van der Waals surface area (Å²) in [5.74, 6) is -1.19. The van der Waals surface area contributed by atoms with Crippen molar-refractivity contribution >= 4 is 17.9 Å². The Morgan fingerprint density at radius 3 is 2.39 bits per heavy atom. The number of unbranched alkanes of at least 4 members (excludes halogenated alkanes) is 2. The maximum Gasteiger partial charge on any atom is 0.408 e. The van der Waals surface area contributed by atoms with Gasteiger partial charge in [-0.25, -0.2) is 4.79 Å². The summed E-state index contributed by atoms with van der Waals surface area (Å²) in [5.41, 5.74) is 0.327. The minimum Gasteiger partial charge on any atom is -0.508 e. The minimum absolute atomic E-state index is 0.0802. The number of phenols is 1. The van der Waals surface area contributed by atoms with Crippen molar-refractivity contribution in [1.29, 1.82) is 5.26 Å². The highest BCUT2D eigenvalue weighted by molar-refractivity contribution is 5.92. The number of ether oxygens (including phenoxy) is 1. The number of carbonyl (C=O) groups excluding carboxylic acids is 3. The Hall–Kier alpha value is -4.06. The smallest absolute Gasteiger partial charge is 0.408 e. The molecule has 204 valence electrons. The molecule has 0 aromatic heterocycles. The molecule has 2 aromatic rings. The van der Waals surface area contributed by atoms with Crippen molar-refractivity contribution in [2.75, 3.05) is 13.1 Å². The van der Waals surface area contributed by atoms with E-state index in [-0.39, 0.29) is 12.2 Å². The molecular weight excluding hydrogens is 484 g/mol. The molecule has 2 aromatic carbocycles. The lowest BCUT2D eigenvalue weighted by atomic mass is 10.00. The van der Waals surface area contributed by atoms with Crippen LogP contribution in [0.15, 0.2) is 54.6 Å². The van der Waals surface area contributed by atoms with Crippen molar-refractivity contribution in [3.8, 4) is 11.8 Å². The molecule has 38 heavy (non-hydrogen) atoms. The number of carbonyl (C=O) groups is 3. The van der Waals surface area contributed by atoms with Crippen molar-refractivity contribution in [2.24, 2.45) is 0 Å². The van der Waals surface area contributed by atoms with Gasteiger partial charge in [0.1, 0.15) is 30.0 Å². The van der Waals surface area contributed by atoms with Crippen LogP contribution >= 0.6 is 0 Å². The van der Waals surface area contributed by atoms with Crippen molar-refractivity contribution in [2.45, 2.75) is 71.1 Å². The zero-order chi connectivity index (χ0) is 28.1. The van der Waals surface area contributed by atoms with E-state index in [9.17, 15) is 24.8 Å².